The van der Waals surface area contributed by atoms with Crippen LogP contribution in [0, 0.1) is 11.3 Å². The monoisotopic (exact) mass is 297 g/mol. The van der Waals surface area contributed by atoms with Gasteiger partial charge in [0, 0.05) is 25.2 Å². The Kier molecular flexibility index (Phi) is 4.22. The molecule has 3 N–H and O–H groups in total. The van der Waals surface area contributed by atoms with Crippen LogP contribution in [0.15, 0.2) is 0 Å². The van der Waals surface area contributed by atoms with Crippen LogP contribution in [0.1, 0.15) is 32.1 Å². The summed E-state index contributed by atoms with van der Waals surface area (Å²) in [5.41, 5.74) is -0.117. The highest BCUT2D eigenvalue weighted by Crippen LogP contribution is 2.34. The van der Waals surface area contributed by atoms with Gasteiger partial charge in [0.25, 0.3) is 0 Å². The van der Waals surface area contributed by atoms with Crippen LogP contribution >= 0.6 is 0 Å². The number of nitriles is 1. The number of nitrogens with zero attached hydrogens (tertiary/aromatic N) is 3. The number of nitrogens with one attached hydrogen (secondary N) is 1. The van der Waals surface area contributed by atoms with Crippen molar-refractivity contribution in [2.45, 2.75) is 49.7 Å². The van der Waals surface area contributed by atoms with Crippen LogP contribution in [-0.4, -0.2) is 57.6 Å². The molecule has 2 heterocycles. The second-order valence-corrected chi connectivity index (χ2v) is 7.40. The molecule has 0 radical (unpaired) electrons. The SMILES string of the molecule is N#CCC1(N2CCC(NC3CC3)CC2)CN([S+](N)[O-])C1. The molecule has 3 aliphatic rings. The molecule has 6 nitrogen and oxygen atoms in total. The van der Waals surface area contributed by atoms with Gasteiger partial charge in [-0.1, -0.05) is 0 Å². The smallest absolute Gasteiger partial charge is 0.135 e. The summed E-state index contributed by atoms with van der Waals surface area (Å²) >= 11 is -1.40. The molecule has 0 aromatic heterocycles. The third kappa shape index (κ3) is 2.96. The van der Waals surface area contributed by atoms with E-state index in [2.05, 4.69) is 16.3 Å². The largest absolute Gasteiger partial charge is 0.579 e. The minimum atomic E-state index is -1.40. The molecular formula is C13H23N5OS. The Morgan fingerprint density at radius 1 is 1.25 bits per heavy atom. The van der Waals surface area contributed by atoms with Gasteiger partial charge in [0.05, 0.1) is 31.1 Å². The number of likely N-dealkylation sites (tertiary alicyclic amines) is 1. The molecule has 3 rings (SSSR count). The van der Waals surface area contributed by atoms with E-state index in [1.165, 1.54) is 12.8 Å². The van der Waals surface area contributed by atoms with Crippen molar-refractivity contribution in [1.29, 1.82) is 5.26 Å². The first-order chi connectivity index (χ1) is 9.63. The highest BCUT2D eigenvalue weighted by atomic mass is 32.2. The first-order valence-electron chi connectivity index (χ1n) is 7.42. The molecule has 2 saturated heterocycles. The van der Waals surface area contributed by atoms with Crippen molar-refractivity contribution in [2.75, 3.05) is 26.2 Å². The van der Waals surface area contributed by atoms with Gasteiger partial charge in [-0.2, -0.15) is 5.26 Å². The molecule has 20 heavy (non-hydrogen) atoms. The zero-order chi connectivity index (χ0) is 14.2. The molecule has 1 unspecified atom stereocenters. The van der Waals surface area contributed by atoms with E-state index in [0.29, 0.717) is 25.6 Å². The van der Waals surface area contributed by atoms with Crippen molar-refractivity contribution in [2.24, 2.45) is 5.14 Å². The zero-order valence-corrected chi connectivity index (χ0v) is 12.6. The average molecular weight is 297 g/mol. The summed E-state index contributed by atoms with van der Waals surface area (Å²) in [6, 6.07) is 3.70. The van der Waals surface area contributed by atoms with Crippen molar-refractivity contribution in [1.82, 2.24) is 14.5 Å². The van der Waals surface area contributed by atoms with Crippen LogP contribution in [0.3, 0.4) is 0 Å². The van der Waals surface area contributed by atoms with Gasteiger partial charge in [0.1, 0.15) is 11.5 Å². The number of piperidine rings is 1. The summed E-state index contributed by atoms with van der Waals surface area (Å²) < 4.78 is 13.0. The van der Waals surface area contributed by atoms with Crippen LogP contribution in [0.5, 0.6) is 0 Å². The Morgan fingerprint density at radius 2 is 1.85 bits per heavy atom. The topological polar surface area (TPSA) is 91.4 Å². The molecule has 7 heteroatoms. The molecule has 0 amide bonds. The van der Waals surface area contributed by atoms with Gasteiger partial charge >= 0.3 is 0 Å². The lowest BCUT2D eigenvalue weighted by atomic mass is 9.84. The van der Waals surface area contributed by atoms with Gasteiger partial charge in [0.15, 0.2) is 0 Å². The normalized spacial score (nSPS) is 29.6. The van der Waals surface area contributed by atoms with E-state index in [-0.39, 0.29) is 5.54 Å². The van der Waals surface area contributed by atoms with Crippen LogP contribution in [0.2, 0.25) is 0 Å². The summed E-state index contributed by atoms with van der Waals surface area (Å²) in [6.07, 6.45) is 5.46. The maximum Gasteiger partial charge on any atom is 0.135 e. The fourth-order valence-electron chi connectivity index (χ4n) is 3.41. The zero-order valence-electron chi connectivity index (χ0n) is 11.8. The minimum Gasteiger partial charge on any atom is -0.579 e. The summed E-state index contributed by atoms with van der Waals surface area (Å²) in [6.45, 7) is 3.36. The first kappa shape index (κ1) is 14.6. The Hall–Kier alpha value is -0.360. The fourth-order valence-corrected chi connectivity index (χ4v) is 4.15. The van der Waals surface area contributed by atoms with Crippen molar-refractivity contribution >= 4 is 11.5 Å². The van der Waals surface area contributed by atoms with E-state index in [1.807, 2.05) is 0 Å². The van der Waals surface area contributed by atoms with Crippen molar-refractivity contribution in [3.63, 3.8) is 0 Å². The number of hydrogen-bond donors (Lipinski definition) is 2. The molecule has 0 bridgehead atoms. The number of nitrogens with two attached hydrogens (primary N) is 1. The van der Waals surface area contributed by atoms with Crippen LogP contribution < -0.4 is 10.5 Å². The van der Waals surface area contributed by atoms with Gasteiger partial charge in [-0.15, -0.1) is 9.44 Å². The minimum absolute atomic E-state index is 0.117. The van der Waals surface area contributed by atoms with Gasteiger partial charge in [-0.25, -0.2) is 0 Å². The molecule has 0 aromatic rings. The third-order valence-corrected chi connectivity index (χ3v) is 5.59. The van der Waals surface area contributed by atoms with Crippen LogP contribution in [0.25, 0.3) is 0 Å². The second kappa shape index (κ2) is 5.79. The van der Waals surface area contributed by atoms with Crippen molar-refractivity contribution < 1.29 is 4.55 Å². The summed E-state index contributed by atoms with van der Waals surface area (Å²) in [5, 5.41) is 18.2. The molecule has 3 fully saturated rings. The van der Waals surface area contributed by atoms with E-state index in [0.717, 1.165) is 32.0 Å². The highest BCUT2D eigenvalue weighted by molar-refractivity contribution is 7.86. The maximum absolute atomic E-state index is 11.3. The molecule has 1 atom stereocenters. The average Bonchev–Trinajstić information content (AvgIpc) is 3.18. The molecule has 2 aliphatic heterocycles. The van der Waals surface area contributed by atoms with Gasteiger partial charge in [-0.3, -0.25) is 4.90 Å². The standard InChI is InChI=1S/C13H23N5OS/c14-6-5-13(9-18(10-13)20(15)19)17-7-3-12(4-8-17)16-11-1-2-11/h11-12,16H,1-5,7-10,15H2. The van der Waals surface area contributed by atoms with Gasteiger partial charge in [0.2, 0.25) is 0 Å². The molecule has 1 saturated carbocycles. The first-order valence-corrected chi connectivity index (χ1v) is 8.59. The molecule has 0 spiro atoms. The Morgan fingerprint density at radius 3 is 2.35 bits per heavy atom. The van der Waals surface area contributed by atoms with E-state index >= 15 is 0 Å². The van der Waals surface area contributed by atoms with Crippen LogP contribution in [-0.2, 0) is 11.5 Å². The van der Waals surface area contributed by atoms with E-state index in [1.54, 1.807) is 4.31 Å². The quantitative estimate of drug-likeness (QED) is 0.678. The van der Waals surface area contributed by atoms with Gasteiger partial charge in [-0.05, 0) is 25.7 Å². The Balaban J connectivity index is 1.53. The number of rotatable bonds is 5. The van der Waals surface area contributed by atoms with Crippen molar-refractivity contribution in [3.8, 4) is 6.07 Å². The summed E-state index contributed by atoms with van der Waals surface area (Å²) in [5.74, 6) is 0. The van der Waals surface area contributed by atoms with Crippen LogP contribution in [0.4, 0.5) is 0 Å². The maximum atomic E-state index is 11.3. The Bertz CT molecular complexity index is 381. The van der Waals surface area contributed by atoms with E-state index in [4.69, 9.17) is 10.4 Å². The van der Waals surface area contributed by atoms with E-state index < -0.39 is 11.5 Å². The fraction of sp³-hybridized carbons (Fsp3) is 0.923. The summed E-state index contributed by atoms with van der Waals surface area (Å²) in [7, 11) is 0. The molecule has 1 aliphatic carbocycles. The number of hydrogen-bond acceptors (Lipinski definition) is 6. The lowest BCUT2D eigenvalue weighted by Crippen LogP contribution is -2.73. The predicted molar refractivity (Wildman–Crippen MR) is 77.6 cm³/mol. The molecular weight excluding hydrogens is 274 g/mol. The second-order valence-electron chi connectivity index (χ2n) is 6.34. The lowest BCUT2D eigenvalue weighted by molar-refractivity contribution is -0.0255. The van der Waals surface area contributed by atoms with Gasteiger partial charge < -0.3 is 9.87 Å². The summed E-state index contributed by atoms with van der Waals surface area (Å²) in [4.78, 5) is 2.42. The molecule has 0 aromatic carbocycles. The molecule has 112 valence electrons. The van der Waals surface area contributed by atoms with E-state index in [9.17, 15) is 4.55 Å². The van der Waals surface area contributed by atoms with Crippen molar-refractivity contribution in [3.05, 3.63) is 0 Å². The lowest BCUT2D eigenvalue weighted by Gasteiger charge is -2.54. The highest BCUT2D eigenvalue weighted by Gasteiger charge is 2.52. The third-order valence-electron chi connectivity index (χ3n) is 4.82. The predicted octanol–water partition coefficient (Wildman–Crippen LogP) is -0.292. The Labute approximate surface area is 123 Å².